The Morgan fingerprint density at radius 3 is 2.50 bits per heavy atom. The predicted molar refractivity (Wildman–Crippen MR) is 85.8 cm³/mol. The molecule has 1 N–H and O–H groups in total. The molecule has 1 nitrogen and oxygen atoms in total. The van der Waals surface area contributed by atoms with E-state index in [4.69, 9.17) is 11.6 Å². The summed E-state index contributed by atoms with van der Waals surface area (Å²) in [5, 5.41) is 4.02. The highest BCUT2D eigenvalue weighted by Crippen LogP contribution is 2.22. The Morgan fingerprint density at radius 2 is 1.85 bits per heavy atom. The zero-order valence-corrected chi connectivity index (χ0v) is 13.5. The molecule has 0 aromatic heterocycles. The van der Waals surface area contributed by atoms with Gasteiger partial charge in [-0.2, -0.15) is 0 Å². The van der Waals surface area contributed by atoms with Crippen molar-refractivity contribution in [2.45, 2.75) is 18.9 Å². The van der Waals surface area contributed by atoms with Gasteiger partial charge in [-0.15, -0.1) is 0 Å². The largest absolute Gasteiger partial charge is 0.316 e. The van der Waals surface area contributed by atoms with Crippen LogP contribution in [0.5, 0.6) is 0 Å². The molecule has 1 unspecified atom stereocenters. The van der Waals surface area contributed by atoms with Gasteiger partial charge >= 0.3 is 0 Å². The van der Waals surface area contributed by atoms with E-state index in [-0.39, 0.29) is 11.9 Å². The number of hydrogen-bond acceptors (Lipinski definition) is 1. The standard InChI is InChI=1S/C16H16BrClFN/c1-20-14(9-11-5-7-13(18)8-6-11)10-12-3-2-4-15(19)16(12)17/h2-8,14,20H,9-10H2,1H3. The first kappa shape index (κ1) is 15.5. The highest BCUT2D eigenvalue weighted by Gasteiger charge is 2.12. The van der Waals surface area contributed by atoms with Gasteiger partial charge in [-0.25, -0.2) is 4.39 Å². The van der Waals surface area contributed by atoms with E-state index in [1.54, 1.807) is 6.07 Å². The maximum Gasteiger partial charge on any atom is 0.137 e. The maximum absolute atomic E-state index is 13.5. The van der Waals surface area contributed by atoms with E-state index in [0.717, 1.165) is 23.4 Å². The van der Waals surface area contributed by atoms with Crippen molar-refractivity contribution in [3.63, 3.8) is 0 Å². The summed E-state index contributed by atoms with van der Waals surface area (Å²) < 4.78 is 14.1. The van der Waals surface area contributed by atoms with Crippen molar-refractivity contribution < 1.29 is 4.39 Å². The summed E-state index contributed by atoms with van der Waals surface area (Å²) in [4.78, 5) is 0. The molecule has 0 aliphatic heterocycles. The Labute approximate surface area is 132 Å². The maximum atomic E-state index is 13.5. The molecule has 0 bridgehead atoms. The second-order valence-corrected chi connectivity index (χ2v) is 5.96. The first-order chi connectivity index (χ1) is 9.60. The summed E-state index contributed by atoms with van der Waals surface area (Å²) in [5.41, 5.74) is 2.18. The molecular weight excluding hydrogens is 341 g/mol. The molecule has 2 aromatic rings. The second-order valence-electron chi connectivity index (χ2n) is 4.73. The summed E-state index contributed by atoms with van der Waals surface area (Å²) >= 11 is 9.20. The molecule has 1 atom stereocenters. The molecule has 0 saturated heterocycles. The molecule has 0 fully saturated rings. The fourth-order valence-electron chi connectivity index (χ4n) is 2.15. The van der Waals surface area contributed by atoms with Gasteiger partial charge in [0, 0.05) is 11.1 Å². The highest BCUT2D eigenvalue weighted by atomic mass is 79.9. The van der Waals surface area contributed by atoms with Crippen LogP contribution in [0.3, 0.4) is 0 Å². The van der Waals surface area contributed by atoms with Crippen molar-refractivity contribution >= 4 is 27.5 Å². The van der Waals surface area contributed by atoms with Crippen LogP contribution in [0.1, 0.15) is 11.1 Å². The minimum atomic E-state index is -0.219. The molecule has 0 saturated carbocycles. The van der Waals surface area contributed by atoms with Gasteiger partial charge in [0.25, 0.3) is 0 Å². The average Bonchev–Trinajstić information content (AvgIpc) is 2.45. The van der Waals surface area contributed by atoms with Gasteiger partial charge in [-0.05, 0) is 65.1 Å². The number of nitrogens with one attached hydrogen (secondary N) is 1. The minimum absolute atomic E-state index is 0.219. The lowest BCUT2D eigenvalue weighted by Gasteiger charge is -2.17. The number of rotatable bonds is 5. The summed E-state index contributed by atoms with van der Waals surface area (Å²) in [7, 11) is 1.92. The van der Waals surface area contributed by atoms with Gasteiger partial charge in [0.1, 0.15) is 5.82 Å². The molecule has 0 spiro atoms. The molecular formula is C16H16BrClFN. The Bertz CT molecular complexity index is 571. The Balaban J connectivity index is 2.09. The average molecular weight is 357 g/mol. The van der Waals surface area contributed by atoms with E-state index in [1.165, 1.54) is 11.6 Å². The zero-order valence-electron chi connectivity index (χ0n) is 11.2. The molecule has 4 heteroatoms. The normalized spacial score (nSPS) is 12.4. The minimum Gasteiger partial charge on any atom is -0.316 e. The van der Waals surface area contributed by atoms with Crippen molar-refractivity contribution in [1.82, 2.24) is 5.32 Å². The van der Waals surface area contributed by atoms with Crippen molar-refractivity contribution in [2.24, 2.45) is 0 Å². The zero-order chi connectivity index (χ0) is 14.5. The van der Waals surface area contributed by atoms with E-state index in [0.29, 0.717) is 4.47 Å². The molecule has 2 rings (SSSR count). The van der Waals surface area contributed by atoms with Crippen molar-refractivity contribution in [2.75, 3.05) is 7.05 Å². The van der Waals surface area contributed by atoms with E-state index < -0.39 is 0 Å². The number of hydrogen-bond donors (Lipinski definition) is 1. The van der Waals surface area contributed by atoms with Gasteiger partial charge in [-0.3, -0.25) is 0 Å². The highest BCUT2D eigenvalue weighted by molar-refractivity contribution is 9.10. The molecule has 0 amide bonds. The first-order valence-corrected chi connectivity index (χ1v) is 7.62. The van der Waals surface area contributed by atoms with Gasteiger partial charge in [-0.1, -0.05) is 35.9 Å². The van der Waals surface area contributed by atoms with Crippen LogP contribution in [0, 0.1) is 5.82 Å². The van der Waals surface area contributed by atoms with E-state index in [9.17, 15) is 4.39 Å². The van der Waals surface area contributed by atoms with Gasteiger partial charge in [0.05, 0.1) is 4.47 Å². The van der Waals surface area contributed by atoms with Crippen LogP contribution in [0.25, 0.3) is 0 Å². The fourth-order valence-corrected chi connectivity index (χ4v) is 2.71. The molecule has 0 radical (unpaired) electrons. The van der Waals surface area contributed by atoms with Crippen molar-refractivity contribution in [3.8, 4) is 0 Å². The second kappa shape index (κ2) is 7.21. The van der Waals surface area contributed by atoms with Crippen LogP contribution >= 0.6 is 27.5 Å². The molecule has 0 aliphatic rings. The Hall–Kier alpha value is -0.900. The van der Waals surface area contributed by atoms with Crippen LogP contribution in [-0.2, 0) is 12.8 Å². The molecule has 0 aliphatic carbocycles. The third kappa shape index (κ3) is 4.05. The van der Waals surface area contributed by atoms with Crippen LogP contribution in [-0.4, -0.2) is 13.1 Å². The number of benzene rings is 2. The SMILES string of the molecule is CNC(Cc1ccc(Cl)cc1)Cc1cccc(F)c1Br. The van der Waals surface area contributed by atoms with E-state index in [1.807, 2.05) is 37.4 Å². The van der Waals surface area contributed by atoms with Gasteiger partial charge < -0.3 is 5.32 Å². The lowest BCUT2D eigenvalue weighted by molar-refractivity contribution is 0.550. The number of likely N-dealkylation sites (N-methyl/N-ethyl adjacent to an activating group) is 1. The van der Waals surface area contributed by atoms with Crippen LogP contribution < -0.4 is 5.32 Å². The molecule has 2 aromatic carbocycles. The summed E-state index contributed by atoms with van der Waals surface area (Å²) in [5.74, 6) is -0.219. The summed E-state index contributed by atoms with van der Waals surface area (Å²) in [6.45, 7) is 0. The van der Waals surface area contributed by atoms with E-state index in [2.05, 4.69) is 21.2 Å². The smallest absolute Gasteiger partial charge is 0.137 e. The lowest BCUT2D eigenvalue weighted by atomic mass is 9.99. The predicted octanol–water partition coefficient (Wildman–Crippen LogP) is 4.61. The first-order valence-electron chi connectivity index (χ1n) is 6.44. The Morgan fingerprint density at radius 1 is 1.15 bits per heavy atom. The van der Waals surface area contributed by atoms with Gasteiger partial charge in [0.2, 0.25) is 0 Å². The topological polar surface area (TPSA) is 12.0 Å². The molecule has 106 valence electrons. The van der Waals surface area contributed by atoms with Crippen LogP contribution in [0.2, 0.25) is 5.02 Å². The fraction of sp³-hybridized carbons (Fsp3) is 0.250. The Kier molecular flexibility index (Phi) is 5.58. The van der Waals surface area contributed by atoms with Crippen molar-refractivity contribution in [3.05, 3.63) is 68.9 Å². The van der Waals surface area contributed by atoms with E-state index >= 15 is 0 Å². The quantitative estimate of drug-likeness (QED) is 0.824. The monoisotopic (exact) mass is 355 g/mol. The van der Waals surface area contributed by atoms with Crippen LogP contribution in [0.15, 0.2) is 46.9 Å². The third-order valence-electron chi connectivity index (χ3n) is 3.30. The van der Waals surface area contributed by atoms with Crippen molar-refractivity contribution in [1.29, 1.82) is 0 Å². The number of halogens is 3. The third-order valence-corrected chi connectivity index (χ3v) is 4.44. The van der Waals surface area contributed by atoms with Gasteiger partial charge in [0.15, 0.2) is 0 Å². The molecule has 20 heavy (non-hydrogen) atoms. The summed E-state index contributed by atoms with van der Waals surface area (Å²) in [6.07, 6.45) is 1.63. The summed E-state index contributed by atoms with van der Waals surface area (Å²) in [6, 6.07) is 13.2. The molecule has 0 heterocycles. The van der Waals surface area contributed by atoms with Crippen LogP contribution in [0.4, 0.5) is 4.39 Å². The lowest BCUT2D eigenvalue weighted by Crippen LogP contribution is -2.30.